The summed E-state index contributed by atoms with van der Waals surface area (Å²) in [6.45, 7) is 0.461. The zero-order valence-electron chi connectivity index (χ0n) is 8.98. The number of ketones is 1. The Balaban J connectivity index is 2.09. The van der Waals surface area contributed by atoms with Crippen molar-refractivity contribution in [1.29, 1.82) is 0 Å². The Morgan fingerprint density at radius 1 is 1.41 bits per heavy atom. The zero-order chi connectivity index (χ0) is 12.4. The predicted octanol–water partition coefficient (Wildman–Crippen LogP) is 1.88. The molecule has 1 aliphatic carbocycles. The first-order chi connectivity index (χ1) is 8.08. The van der Waals surface area contributed by atoms with E-state index in [1.165, 1.54) is 12.1 Å². The summed E-state index contributed by atoms with van der Waals surface area (Å²) < 4.78 is 18.7. The van der Waals surface area contributed by atoms with Gasteiger partial charge in [0.05, 0.1) is 6.61 Å². The molecule has 0 unspecified atom stereocenters. The maximum Gasteiger partial charge on any atom is 0.377 e. The third kappa shape index (κ3) is 2.81. The number of aliphatic carboxylic acids is 1. The number of hydrogen-bond acceptors (Lipinski definition) is 3. The topological polar surface area (TPSA) is 63.6 Å². The zero-order valence-corrected chi connectivity index (χ0v) is 8.98. The normalized spacial score (nSPS) is 14.4. The van der Waals surface area contributed by atoms with Crippen molar-refractivity contribution in [2.45, 2.75) is 12.8 Å². The van der Waals surface area contributed by atoms with Crippen LogP contribution < -0.4 is 4.74 Å². The summed E-state index contributed by atoms with van der Waals surface area (Å²) >= 11 is 0. The lowest BCUT2D eigenvalue weighted by molar-refractivity contribution is -0.131. The second kappa shape index (κ2) is 4.53. The van der Waals surface area contributed by atoms with Crippen LogP contribution in [0.4, 0.5) is 4.39 Å². The third-order valence-electron chi connectivity index (χ3n) is 2.56. The highest BCUT2D eigenvalue weighted by molar-refractivity contribution is 6.39. The molecule has 0 aliphatic heterocycles. The Hall–Kier alpha value is -1.91. The van der Waals surface area contributed by atoms with E-state index in [1.54, 1.807) is 0 Å². The van der Waals surface area contributed by atoms with Crippen LogP contribution >= 0.6 is 0 Å². The van der Waals surface area contributed by atoms with E-state index in [-0.39, 0.29) is 11.3 Å². The molecule has 0 saturated heterocycles. The van der Waals surface area contributed by atoms with Gasteiger partial charge in [0.25, 0.3) is 5.78 Å². The summed E-state index contributed by atoms with van der Waals surface area (Å²) in [5, 5.41) is 8.48. The van der Waals surface area contributed by atoms with Crippen molar-refractivity contribution in [1.82, 2.24) is 0 Å². The average molecular weight is 238 g/mol. The third-order valence-corrected chi connectivity index (χ3v) is 2.56. The van der Waals surface area contributed by atoms with Gasteiger partial charge >= 0.3 is 5.97 Å². The first kappa shape index (κ1) is 11.6. The van der Waals surface area contributed by atoms with Crippen LogP contribution in [-0.4, -0.2) is 23.5 Å². The number of carbonyl (C=O) groups is 2. The van der Waals surface area contributed by atoms with Crippen molar-refractivity contribution < 1.29 is 23.8 Å². The van der Waals surface area contributed by atoms with Crippen LogP contribution in [0.15, 0.2) is 18.2 Å². The van der Waals surface area contributed by atoms with E-state index in [0.29, 0.717) is 12.5 Å². The van der Waals surface area contributed by atoms with Crippen molar-refractivity contribution in [3.8, 4) is 5.75 Å². The van der Waals surface area contributed by atoms with Gasteiger partial charge in [-0.25, -0.2) is 9.18 Å². The van der Waals surface area contributed by atoms with E-state index in [1.807, 2.05) is 0 Å². The summed E-state index contributed by atoms with van der Waals surface area (Å²) in [7, 11) is 0. The number of benzene rings is 1. The lowest BCUT2D eigenvalue weighted by atomic mass is 10.1. The van der Waals surface area contributed by atoms with Gasteiger partial charge in [-0.05, 0) is 37.0 Å². The maximum absolute atomic E-state index is 13.5. The van der Waals surface area contributed by atoms with Crippen LogP contribution in [-0.2, 0) is 4.79 Å². The highest BCUT2D eigenvalue weighted by atomic mass is 19.1. The molecule has 0 atom stereocenters. The summed E-state index contributed by atoms with van der Waals surface area (Å²) in [4.78, 5) is 21.5. The molecular formula is C12H11FO4. The van der Waals surface area contributed by atoms with Crippen molar-refractivity contribution in [2.24, 2.45) is 5.92 Å². The van der Waals surface area contributed by atoms with Crippen molar-refractivity contribution in [3.05, 3.63) is 29.6 Å². The minimum absolute atomic E-state index is 0.0545. The van der Waals surface area contributed by atoms with E-state index in [4.69, 9.17) is 9.84 Å². The van der Waals surface area contributed by atoms with E-state index >= 15 is 0 Å². The quantitative estimate of drug-likeness (QED) is 0.628. The fourth-order valence-corrected chi connectivity index (χ4v) is 1.37. The smallest absolute Gasteiger partial charge is 0.377 e. The molecule has 1 aliphatic rings. The summed E-state index contributed by atoms with van der Waals surface area (Å²) in [5.41, 5.74) is -0.186. The van der Waals surface area contributed by atoms with Crippen LogP contribution in [0.2, 0.25) is 0 Å². The van der Waals surface area contributed by atoms with Gasteiger partial charge in [0.15, 0.2) is 11.6 Å². The minimum atomic E-state index is -1.60. The fraction of sp³-hybridized carbons (Fsp3) is 0.333. The molecule has 90 valence electrons. The minimum Gasteiger partial charge on any atom is -0.490 e. The van der Waals surface area contributed by atoms with E-state index in [0.717, 1.165) is 18.9 Å². The monoisotopic (exact) mass is 238 g/mol. The highest BCUT2D eigenvalue weighted by Gasteiger charge is 2.23. The van der Waals surface area contributed by atoms with Gasteiger partial charge in [-0.1, -0.05) is 0 Å². The predicted molar refractivity (Wildman–Crippen MR) is 56.6 cm³/mol. The molecule has 4 nitrogen and oxygen atoms in total. The second-order valence-electron chi connectivity index (χ2n) is 4.03. The molecule has 1 aromatic rings. The highest BCUT2D eigenvalue weighted by Crippen LogP contribution is 2.30. The summed E-state index contributed by atoms with van der Waals surface area (Å²) in [6.07, 6.45) is 2.19. The first-order valence-electron chi connectivity index (χ1n) is 5.28. The Bertz CT molecular complexity index is 466. The molecule has 0 bridgehead atoms. The molecule has 1 fully saturated rings. The standard InChI is InChI=1S/C12H11FO4/c13-9-5-8(11(14)12(15)16)3-4-10(9)17-6-7-1-2-7/h3-5,7H,1-2,6H2,(H,15,16). The molecule has 1 N–H and O–H groups in total. The van der Waals surface area contributed by atoms with Crippen molar-refractivity contribution in [3.63, 3.8) is 0 Å². The molecule has 0 heterocycles. The van der Waals surface area contributed by atoms with Crippen LogP contribution in [0.1, 0.15) is 23.2 Å². The Labute approximate surface area is 97.0 Å². The molecule has 2 rings (SSSR count). The second-order valence-corrected chi connectivity index (χ2v) is 4.03. The number of Topliss-reactive ketones (excluding diaryl/α,β-unsaturated/α-hetero) is 1. The van der Waals surface area contributed by atoms with Crippen LogP contribution in [0.3, 0.4) is 0 Å². The van der Waals surface area contributed by atoms with Gasteiger partial charge in [-0.3, -0.25) is 4.79 Å². The number of carboxylic acid groups (broad SMARTS) is 1. The number of halogens is 1. The van der Waals surface area contributed by atoms with Gasteiger partial charge in [-0.2, -0.15) is 0 Å². The number of rotatable bonds is 5. The Morgan fingerprint density at radius 3 is 2.65 bits per heavy atom. The molecule has 1 saturated carbocycles. The molecule has 0 amide bonds. The van der Waals surface area contributed by atoms with Crippen molar-refractivity contribution in [2.75, 3.05) is 6.61 Å². The lowest BCUT2D eigenvalue weighted by Crippen LogP contribution is -2.13. The van der Waals surface area contributed by atoms with Crippen molar-refractivity contribution >= 4 is 11.8 Å². The van der Waals surface area contributed by atoms with Gasteiger partial charge in [0.1, 0.15) is 0 Å². The Morgan fingerprint density at radius 2 is 2.12 bits per heavy atom. The number of hydrogen-bond donors (Lipinski definition) is 1. The summed E-state index contributed by atoms with van der Waals surface area (Å²) in [5.74, 6) is -2.89. The van der Waals surface area contributed by atoms with Crippen LogP contribution in [0.5, 0.6) is 5.75 Å². The van der Waals surface area contributed by atoms with E-state index in [2.05, 4.69) is 0 Å². The lowest BCUT2D eigenvalue weighted by Gasteiger charge is -2.06. The molecule has 0 aromatic heterocycles. The summed E-state index contributed by atoms with van der Waals surface area (Å²) in [6, 6.07) is 3.42. The van der Waals surface area contributed by atoms with Gasteiger partial charge in [0.2, 0.25) is 0 Å². The molecule has 0 radical (unpaired) electrons. The van der Waals surface area contributed by atoms with Crippen LogP contribution in [0, 0.1) is 11.7 Å². The average Bonchev–Trinajstić information content (AvgIpc) is 3.10. The SMILES string of the molecule is O=C(O)C(=O)c1ccc(OCC2CC2)c(F)c1. The van der Waals surface area contributed by atoms with E-state index in [9.17, 15) is 14.0 Å². The molecule has 5 heteroatoms. The van der Waals surface area contributed by atoms with Gasteiger partial charge < -0.3 is 9.84 Å². The molecule has 0 spiro atoms. The largest absolute Gasteiger partial charge is 0.490 e. The number of carbonyl (C=O) groups excluding carboxylic acids is 1. The first-order valence-corrected chi connectivity index (χ1v) is 5.28. The van der Waals surface area contributed by atoms with Gasteiger partial charge in [0, 0.05) is 5.56 Å². The molecular weight excluding hydrogens is 227 g/mol. The van der Waals surface area contributed by atoms with E-state index < -0.39 is 17.6 Å². The number of ether oxygens (including phenoxy) is 1. The molecule has 1 aromatic carbocycles. The fourth-order valence-electron chi connectivity index (χ4n) is 1.37. The maximum atomic E-state index is 13.5. The van der Waals surface area contributed by atoms with Gasteiger partial charge in [-0.15, -0.1) is 0 Å². The number of carboxylic acids is 1. The Kier molecular flexibility index (Phi) is 3.08. The van der Waals surface area contributed by atoms with Crippen LogP contribution in [0.25, 0.3) is 0 Å². The molecule has 17 heavy (non-hydrogen) atoms.